The lowest BCUT2D eigenvalue weighted by Crippen LogP contribution is -2.33. The molecule has 0 aliphatic carbocycles. The molecule has 0 saturated carbocycles. The second-order valence-corrected chi connectivity index (χ2v) is 5.77. The molecule has 4 heteroatoms. The average Bonchev–Trinajstić information content (AvgIpc) is 2.67. The fourth-order valence-corrected chi connectivity index (χ4v) is 2.74. The van der Waals surface area contributed by atoms with E-state index in [9.17, 15) is 4.79 Å². The van der Waals surface area contributed by atoms with E-state index in [1.54, 1.807) is 6.07 Å². The number of halogens is 2. The summed E-state index contributed by atoms with van der Waals surface area (Å²) in [7, 11) is 0. The van der Waals surface area contributed by atoms with Gasteiger partial charge in [-0.2, -0.15) is 0 Å². The van der Waals surface area contributed by atoms with E-state index in [1.165, 1.54) is 0 Å². The summed E-state index contributed by atoms with van der Waals surface area (Å²) in [5.74, 6) is 0.0634. The Morgan fingerprint density at radius 3 is 2.94 bits per heavy atom. The molecular weight excluding hydrogens is 336 g/mol. The van der Waals surface area contributed by atoms with Crippen LogP contribution in [-0.4, -0.2) is 23.4 Å². The van der Waals surface area contributed by atoms with Gasteiger partial charge in [-0.1, -0.05) is 11.6 Å². The third-order valence-electron chi connectivity index (χ3n) is 2.97. The molecule has 1 aromatic carbocycles. The minimum atomic E-state index is 0.0634. The lowest BCUT2D eigenvalue weighted by Gasteiger charge is -2.22. The normalized spacial score (nSPS) is 20.2. The molecule has 1 saturated heterocycles. The predicted octanol–water partition coefficient (Wildman–Crippen LogP) is 3.57. The maximum absolute atomic E-state index is 12.3. The number of nitrogens with zero attached hydrogens (tertiary/aromatic N) is 1. The molecule has 1 heterocycles. The lowest BCUT2D eigenvalue weighted by atomic mass is 10.2. The molecule has 0 radical (unpaired) electrons. The molecule has 2 nitrogen and oxygen atoms in total. The molecule has 1 aromatic rings. The molecule has 0 N–H and O–H groups in total. The van der Waals surface area contributed by atoms with Crippen LogP contribution in [0.25, 0.3) is 0 Å². The van der Waals surface area contributed by atoms with Crippen LogP contribution in [-0.2, 0) is 0 Å². The topological polar surface area (TPSA) is 20.3 Å². The number of rotatable bonds is 1. The van der Waals surface area contributed by atoms with Crippen molar-refractivity contribution in [3.63, 3.8) is 0 Å². The second-order valence-electron chi connectivity index (χ2n) is 4.11. The zero-order valence-electron chi connectivity index (χ0n) is 9.04. The van der Waals surface area contributed by atoms with Crippen molar-refractivity contribution in [1.82, 2.24) is 4.90 Å². The highest BCUT2D eigenvalue weighted by Crippen LogP contribution is 2.24. The highest BCUT2D eigenvalue weighted by Gasteiger charge is 2.27. The Morgan fingerprint density at radius 2 is 2.31 bits per heavy atom. The van der Waals surface area contributed by atoms with Crippen molar-refractivity contribution in [3.8, 4) is 0 Å². The first-order valence-corrected chi connectivity index (χ1v) is 6.81. The molecule has 1 unspecified atom stereocenters. The quantitative estimate of drug-likeness (QED) is 0.710. The first-order chi connectivity index (χ1) is 7.59. The van der Waals surface area contributed by atoms with Gasteiger partial charge in [0.25, 0.3) is 5.91 Å². The second kappa shape index (κ2) is 4.92. The van der Waals surface area contributed by atoms with Gasteiger partial charge in [-0.15, -0.1) is 0 Å². The van der Waals surface area contributed by atoms with Gasteiger partial charge in [0.15, 0.2) is 0 Å². The monoisotopic (exact) mass is 349 g/mol. The Kier molecular flexibility index (Phi) is 3.74. The smallest absolute Gasteiger partial charge is 0.255 e. The molecule has 2 rings (SSSR count). The van der Waals surface area contributed by atoms with Crippen LogP contribution in [0.1, 0.15) is 30.1 Å². The maximum Gasteiger partial charge on any atom is 0.255 e. The summed E-state index contributed by atoms with van der Waals surface area (Å²) < 4.78 is 1.04. The summed E-state index contributed by atoms with van der Waals surface area (Å²) in [5.41, 5.74) is 0.627. The van der Waals surface area contributed by atoms with Crippen molar-refractivity contribution < 1.29 is 4.79 Å². The van der Waals surface area contributed by atoms with E-state index in [-0.39, 0.29) is 5.91 Å². The van der Waals surface area contributed by atoms with Crippen LogP contribution < -0.4 is 0 Å². The lowest BCUT2D eigenvalue weighted by molar-refractivity contribution is 0.0747. The predicted molar refractivity (Wildman–Crippen MR) is 73.9 cm³/mol. The zero-order valence-corrected chi connectivity index (χ0v) is 12.0. The van der Waals surface area contributed by atoms with Gasteiger partial charge in [-0.05, 0) is 60.6 Å². The fraction of sp³-hybridized carbons (Fsp3) is 0.417. The van der Waals surface area contributed by atoms with Crippen molar-refractivity contribution in [3.05, 3.63) is 32.4 Å². The number of carbonyl (C=O) groups excluding carboxylic acids is 1. The van der Waals surface area contributed by atoms with E-state index in [2.05, 4.69) is 29.5 Å². The Bertz CT molecular complexity index is 421. The third kappa shape index (κ3) is 2.35. The van der Waals surface area contributed by atoms with Crippen LogP contribution >= 0.6 is 34.2 Å². The standard InChI is InChI=1S/C12H13ClINO/c1-8-3-2-6-15(8)12(16)10-7-9(14)4-5-11(10)13/h4-5,7-8H,2-3,6H2,1H3. The van der Waals surface area contributed by atoms with Gasteiger partial charge in [-0.3, -0.25) is 4.79 Å². The number of amides is 1. The molecule has 1 fully saturated rings. The summed E-state index contributed by atoms with van der Waals surface area (Å²) in [5, 5.41) is 0.546. The minimum absolute atomic E-state index is 0.0634. The molecule has 86 valence electrons. The van der Waals surface area contributed by atoms with Crippen LogP contribution in [0.2, 0.25) is 5.02 Å². The number of benzene rings is 1. The van der Waals surface area contributed by atoms with Gasteiger partial charge >= 0.3 is 0 Å². The maximum atomic E-state index is 12.3. The van der Waals surface area contributed by atoms with Crippen molar-refractivity contribution in [1.29, 1.82) is 0 Å². The highest BCUT2D eigenvalue weighted by molar-refractivity contribution is 14.1. The summed E-state index contributed by atoms with van der Waals surface area (Å²) >= 11 is 8.26. The first kappa shape index (κ1) is 12.2. The van der Waals surface area contributed by atoms with Crippen molar-refractivity contribution in [2.45, 2.75) is 25.8 Å². The van der Waals surface area contributed by atoms with Crippen molar-refractivity contribution in [2.75, 3.05) is 6.54 Å². The number of hydrogen-bond donors (Lipinski definition) is 0. The van der Waals surface area contributed by atoms with Gasteiger partial charge in [-0.25, -0.2) is 0 Å². The molecular formula is C12H13ClINO. The average molecular weight is 350 g/mol. The van der Waals surface area contributed by atoms with Gasteiger partial charge in [0, 0.05) is 16.2 Å². The van der Waals surface area contributed by atoms with Crippen LogP contribution in [0, 0.1) is 3.57 Å². The summed E-state index contributed by atoms with van der Waals surface area (Å²) in [6.07, 6.45) is 2.18. The van der Waals surface area contributed by atoms with Crippen molar-refractivity contribution >= 4 is 40.1 Å². The number of hydrogen-bond acceptors (Lipinski definition) is 1. The largest absolute Gasteiger partial charge is 0.336 e. The van der Waals surface area contributed by atoms with E-state index in [1.807, 2.05) is 17.0 Å². The molecule has 0 spiro atoms. The van der Waals surface area contributed by atoms with Crippen molar-refractivity contribution in [2.24, 2.45) is 0 Å². The molecule has 1 amide bonds. The third-order valence-corrected chi connectivity index (χ3v) is 3.97. The van der Waals surface area contributed by atoms with Crippen LogP contribution in [0.3, 0.4) is 0 Å². The fourth-order valence-electron chi connectivity index (χ4n) is 2.05. The Morgan fingerprint density at radius 1 is 1.56 bits per heavy atom. The van der Waals surface area contributed by atoms with E-state index in [4.69, 9.17) is 11.6 Å². The summed E-state index contributed by atoms with van der Waals surface area (Å²) in [6, 6.07) is 5.89. The van der Waals surface area contributed by atoms with Gasteiger partial charge in [0.2, 0.25) is 0 Å². The molecule has 0 bridgehead atoms. The molecule has 1 aliphatic rings. The Hall–Kier alpha value is -0.290. The Balaban J connectivity index is 2.29. The van der Waals surface area contributed by atoms with E-state index >= 15 is 0 Å². The van der Waals surface area contributed by atoms with Crippen LogP contribution in [0.4, 0.5) is 0 Å². The van der Waals surface area contributed by atoms with E-state index in [0.717, 1.165) is 23.0 Å². The van der Waals surface area contributed by atoms with Gasteiger partial charge in [0.05, 0.1) is 10.6 Å². The Labute approximate surface area is 114 Å². The van der Waals surface area contributed by atoms with Crippen LogP contribution in [0.15, 0.2) is 18.2 Å². The zero-order chi connectivity index (χ0) is 11.7. The summed E-state index contributed by atoms with van der Waals surface area (Å²) in [6.45, 7) is 2.94. The molecule has 1 aliphatic heterocycles. The minimum Gasteiger partial charge on any atom is -0.336 e. The first-order valence-electron chi connectivity index (χ1n) is 5.35. The molecule has 0 aromatic heterocycles. The summed E-state index contributed by atoms with van der Waals surface area (Å²) in [4.78, 5) is 14.2. The van der Waals surface area contributed by atoms with Gasteiger partial charge < -0.3 is 4.90 Å². The SMILES string of the molecule is CC1CCCN1C(=O)c1cc(I)ccc1Cl. The van der Waals surface area contributed by atoms with E-state index < -0.39 is 0 Å². The highest BCUT2D eigenvalue weighted by atomic mass is 127. The molecule has 1 atom stereocenters. The van der Waals surface area contributed by atoms with Crippen LogP contribution in [0.5, 0.6) is 0 Å². The number of likely N-dealkylation sites (tertiary alicyclic amines) is 1. The number of carbonyl (C=O) groups is 1. The molecule has 16 heavy (non-hydrogen) atoms. The van der Waals surface area contributed by atoms with E-state index in [0.29, 0.717) is 16.6 Å². The van der Waals surface area contributed by atoms with Gasteiger partial charge in [0.1, 0.15) is 0 Å².